The molecule has 4 nitrogen and oxygen atoms in total. The lowest BCUT2D eigenvalue weighted by Gasteiger charge is -2.02. The summed E-state index contributed by atoms with van der Waals surface area (Å²) in [4.78, 5) is 22.3. The van der Waals surface area contributed by atoms with Gasteiger partial charge in [0.1, 0.15) is 11.6 Å². The zero-order chi connectivity index (χ0) is 13.7. The van der Waals surface area contributed by atoms with Crippen LogP contribution in [0.15, 0.2) is 28.7 Å². The fraction of sp³-hybridized carbons (Fsp3) is 0.167. The minimum Gasteiger partial charge on any atom is -0.507 e. The fourth-order valence-corrected chi connectivity index (χ4v) is 1.64. The summed E-state index contributed by atoms with van der Waals surface area (Å²) in [7, 11) is 0. The SMILES string of the molecule is CCOC(=O)C(=O)/C=C(\O)c1cc(F)cc(Br)c1. The van der Waals surface area contributed by atoms with Gasteiger partial charge in [-0.2, -0.15) is 0 Å². The minimum atomic E-state index is -1.07. The van der Waals surface area contributed by atoms with Crippen LogP contribution in [0.4, 0.5) is 4.39 Å². The van der Waals surface area contributed by atoms with Crippen LogP contribution in [0.1, 0.15) is 12.5 Å². The molecule has 0 fully saturated rings. The van der Waals surface area contributed by atoms with E-state index in [2.05, 4.69) is 20.7 Å². The third kappa shape index (κ3) is 3.96. The third-order valence-electron chi connectivity index (χ3n) is 1.90. The van der Waals surface area contributed by atoms with Crippen LogP contribution in [-0.4, -0.2) is 23.5 Å². The van der Waals surface area contributed by atoms with Crippen LogP contribution in [0.5, 0.6) is 0 Å². The number of benzene rings is 1. The molecule has 0 saturated carbocycles. The lowest BCUT2D eigenvalue weighted by molar-refractivity contribution is -0.151. The van der Waals surface area contributed by atoms with Crippen molar-refractivity contribution in [3.63, 3.8) is 0 Å². The summed E-state index contributed by atoms with van der Waals surface area (Å²) < 4.78 is 17.9. The number of carbonyl (C=O) groups is 2. The van der Waals surface area contributed by atoms with Crippen molar-refractivity contribution >= 4 is 33.4 Å². The third-order valence-corrected chi connectivity index (χ3v) is 2.36. The van der Waals surface area contributed by atoms with E-state index in [9.17, 15) is 19.1 Å². The van der Waals surface area contributed by atoms with E-state index in [0.717, 1.165) is 6.07 Å². The molecule has 0 heterocycles. The van der Waals surface area contributed by atoms with Crippen molar-refractivity contribution in [2.45, 2.75) is 6.92 Å². The van der Waals surface area contributed by atoms with Gasteiger partial charge in [0.05, 0.1) is 6.61 Å². The summed E-state index contributed by atoms with van der Waals surface area (Å²) in [5, 5.41) is 9.60. The molecular weight excluding hydrogens is 307 g/mol. The van der Waals surface area contributed by atoms with Crippen molar-refractivity contribution in [1.29, 1.82) is 0 Å². The highest BCUT2D eigenvalue weighted by Crippen LogP contribution is 2.19. The maximum atomic E-state index is 13.1. The van der Waals surface area contributed by atoms with Crippen molar-refractivity contribution in [2.75, 3.05) is 6.61 Å². The van der Waals surface area contributed by atoms with E-state index < -0.39 is 23.3 Å². The first-order valence-corrected chi connectivity index (χ1v) is 5.81. The normalized spacial score (nSPS) is 11.2. The van der Waals surface area contributed by atoms with Crippen molar-refractivity contribution in [2.24, 2.45) is 0 Å². The van der Waals surface area contributed by atoms with Gasteiger partial charge in [-0.15, -0.1) is 0 Å². The molecule has 0 radical (unpaired) electrons. The van der Waals surface area contributed by atoms with E-state index in [1.807, 2.05) is 0 Å². The van der Waals surface area contributed by atoms with Gasteiger partial charge < -0.3 is 9.84 Å². The first-order chi connectivity index (χ1) is 8.43. The van der Waals surface area contributed by atoms with E-state index in [1.54, 1.807) is 6.92 Å². The Morgan fingerprint density at radius 2 is 2.11 bits per heavy atom. The lowest BCUT2D eigenvalue weighted by Crippen LogP contribution is -2.15. The molecule has 0 aliphatic rings. The van der Waals surface area contributed by atoms with Crippen LogP contribution in [0.3, 0.4) is 0 Å². The second-order valence-electron chi connectivity index (χ2n) is 3.27. The Labute approximate surface area is 111 Å². The number of halogens is 2. The molecule has 1 aromatic rings. The molecule has 1 N–H and O–H groups in total. The highest BCUT2D eigenvalue weighted by molar-refractivity contribution is 9.10. The molecule has 0 bridgehead atoms. The van der Waals surface area contributed by atoms with E-state index in [-0.39, 0.29) is 12.2 Å². The summed E-state index contributed by atoms with van der Waals surface area (Å²) in [6, 6.07) is 3.65. The van der Waals surface area contributed by atoms with E-state index >= 15 is 0 Å². The zero-order valence-corrected chi connectivity index (χ0v) is 11.0. The van der Waals surface area contributed by atoms with E-state index in [1.165, 1.54) is 12.1 Å². The number of esters is 1. The number of ketones is 1. The summed E-state index contributed by atoms with van der Waals surface area (Å²) in [5.74, 6) is -3.16. The molecular formula is C12H10BrFO4. The first-order valence-electron chi connectivity index (χ1n) is 5.02. The Kier molecular flexibility index (Phi) is 5.03. The Hall–Kier alpha value is -1.69. The number of ether oxygens (including phenoxy) is 1. The van der Waals surface area contributed by atoms with Crippen molar-refractivity contribution in [3.8, 4) is 0 Å². The van der Waals surface area contributed by atoms with Gasteiger partial charge in [0.2, 0.25) is 0 Å². The maximum absolute atomic E-state index is 13.1. The Bertz CT molecular complexity index is 491. The smallest absolute Gasteiger partial charge is 0.379 e. The summed E-state index contributed by atoms with van der Waals surface area (Å²) in [6.45, 7) is 1.61. The molecule has 18 heavy (non-hydrogen) atoms. The number of rotatable bonds is 4. The van der Waals surface area contributed by atoms with Gasteiger partial charge in [-0.1, -0.05) is 15.9 Å². The second kappa shape index (κ2) is 6.30. The van der Waals surface area contributed by atoms with Gasteiger partial charge in [-0.3, -0.25) is 4.79 Å². The van der Waals surface area contributed by atoms with E-state index in [0.29, 0.717) is 10.5 Å². The van der Waals surface area contributed by atoms with Gasteiger partial charge in [0.15, 0.2) is 0 Å². The Morgan fingerprint density at radius 1 is 1.44 bits per heavy atom. The molecule has 0 aromatic heterocycles. The largest absolute Gasteiger partial charge is 0.507 e. The number of carbonyl (C=O) groups excluding carboxylic acids is 2. The van der Waals surface area contributed by atoms with E-state index in [4.69, 9.17) is 0 Å². The van der Waals surface area contributed by atoms with Crippen molar-refractivity contribution in [3.05, 3.63) is 40.1 Å². The second-order valence-corrected chi connectivity index (χ2v) is 4.19. The number of hydrogen-bond donors (Lipinski definition) is 1. The molecule has 96 valence electrons. The first kappa shape index (κ1) is 14.4. The molecule has 0 atom stereocenters. The van der Waals surface area contributed by atoms with Gasteiger partial charge in [0, 0.05) is 16.1 Å². The average molecular weight is 317 g/mol. The molecule has 0 aliphatic heterocycles. The van der Waals surface area contributed by atoms with Gasteiger partial charge in [0.25, 0.3) is 5.78 Å². The van der Waals surface area contributed by atoms with Crippen LogP contribution in [0.25, 0.3) is 5.76 Å². The van der Waals surface area contributed by atoms with Crippen LogP contribution in [-0.2, 0) is 14.3 Å². The Balaban J connectivity index is 2.95. The molecule has 0 spiro atoms. The monoisotopic (exact) mass is 316 g/mol. The van der Waals surface area contributed by atoms with Crippen LogP contribution < -0.4 is 0 Å². The molecule has 0 unspecified atom stereocenters. The van der Waals surface area contributed by atoms with Crippen LogP contribution in [0, 0.1) is 5.82 Å². The quantitative estimate of drug-likeness (QED) is 0.401. The zero-order valence-electron chi connectivity index (χ0n) is 9.44. The molecule has 0 aliphatic carbocycles. The van der Waals surface area contributed by atoms with Gasteiger partial charge >= 0.3 is 5.97 Å². The highest BCUT2D eigenvalue weighted by atomic mass is 79.9. The van der Waals surface area contributed by atoms with Crippen molar-refractivity contribution in [1.82, 2.24) is 0 Å². The van der Waals surface area contributed by atoms with Crippen LogP contribution in [0.2, 0.25) is 0 Å². The predicted molar refractivity (Wildman–Crippen MR) is 66.3 cm³/mol. The topological polar surface area (TPSA) is 63.6 Å². The number of aliphatic hydroxyl groups excluding tert-OH is 1. The molecule has 0 saturated heterocycles. The predicted octanol–water partition coefficient (Wildman–Crippen LogP) is 2.62. The molecule has 6 heteroatoms. The lowest BCUT2D eigenvalue weighted by atomic mass is 10.1. The van der Waals surface area contributed by atoms with Crippen LogP contribution >= 0.6 is 15.9 Å². The number of hydrogen-bond acceptors (Lipinski definition) is 4. The number of aliphatic hydroxyl groups is 1. The summed E-state index contributed by atoms with van der Waals surface area (Å²) >= 11 is 3.05. The minimum absolute atomic E-state index is 0.0602. The highest BCUT2D eigenvalue weighted by Gasteiger charge is 2.14. The standard InChI is InChI=1S/C12H10BrFO4/c1-2-18-12(17)11(16)6-10(15)7-3-8(13)5-9(14)4-7/h3-6,15H,2H2,1H3/b10-6-. The fourth-order valence-electron chi connectivity index (χ4n) is 1.17. The maximum Gasteiger partial charge on any atom is 0.379 e. The molecule has 0 amide bonds. The van der Waals surface area contributed by atoms with Crippen molar-refractivity contribution < 1.29 is 23.8 Å². The summed E-state index contributed by atoms with van der Waals surface area (Å²) in [5.41, 5.74) is 0.0829. The average Bonchev–Trinajstić information content (AvgIpc) is 2.27. The van der Waals surface area contributed by atoms with Gasteiger partial charge in [-0.05, 0) is 25.1 Å². The molecule has 1 aromatic carbocycles. The summed E-state index contributed by atoms with van der Waals surface area (Å²) in [6.07, 6.45) is 0.694. The Morgan fingerprint density at radius 3 is 2.67 bits per heavy atom. The molecule has 1 rings (SSSR count). The van der Waals surface area contributed by atoms with Gasteiger partial charge in [-0.25, -0.2) is 9.18 Å².